The molecule has 1 atom stereocenters. The van der Waals surface area contributed by atoms with Crippen LogP contribution in [0.15, 0.2) is 24.3 Å². The number of benzene rings is 1. The van der Waals surface area contributed by atoms with E-state index < -0.39 is 11.9 Å². The summed E-state index contributed by atoms with van der Waals surface area (Å²) in [5, 5.41) is 14.2. The number of likely N-dealkylation sites (tertiary alicyclic amines) is 1. The minimum atomic E-state index is -0.865. The molecule has 2 aliphatic rings. The molecule has 136 valence electrons. The molecule has 0 bridgehead atoms. The van der Waals surface area contributed by atoms with Gasteiger partial charge in [0, 0.05) is 19.0 Å². The molecular weight excluding hydrogens is 356 g/mol. The molecule has 2 fully saturated rings. The average Bonchev–Trinajstić information content (AvgIpc) is 3.40. The summed E-state index contributed by atoms with van der Waals surface area (Å²) in [5.41, 5.74) is 0.699. The number of rotatable bonds is 4. The molecule has 1 amide bonds. The lowest BCUT2D eigenvalue weighted by atomic mass is 9.98. The molecule has 1 saturated heterocycles. The number of carboxylic acid groups (broad SMARTS) is 1. The van der Waals surface area contributed by atoms with Crippen LogP contribution in [0.5, 0.6) is 0 Å². The summed E-state index contributed by atoms with van der Waals surface area (Å²) < 4.78 is 1.66. The van der Waals surface area contributed by atoms with Crippen LogP contribution in [0.25, 0.3) is 5.69 Å². The molecule has 4 rings (SSSR count). The number of amides is 1. The second-order valence-corrected chi connectivity index (χ2v) is 7.27. The standard InChI is InChI=1S/C18H19ClN4O3/c19-13-5-1-2-6-14(13)23-16(11-7-8-11)20-15(21-23)17(24)22-9-3-4-12(10-22)18(25)26/h1-2,5-6,11-12H,3-4,7-10H2,(H,25,26)/t12-/m1/s1. The second-order valence-electron chi connectivity index (χ2n) is 6.86. The van der Waals surface area contributed by atoms with Crippen LogP contribution < -0.4 is 0 Å². The Kier molecular flexibility index (Phi) is 4.40. The molecule has 1 aromatic heterocycles. The van der Waals surface area contributed by atoms with Crippen molar-refractivity contribution in [3.63, 3.8) is 0 Å². The molecule has 8 heteroatoms. The third-order valence-electron chi connectivity index (χ3n) is 4.90. The first-order valence-electron chi connectivity index (χ1n) is 8.78. The molecule has 0 unspecified atom stereocenters. The van der Waals surface area contributed by atoms with E-state index in [-0.39, 0.29) is 24.2 Å². The van der Waals surface area contributed by atoms with E-state index in [1.54, 1.807) is 15.6 Å². The number of hydrogen-bond acceptors (Lipinski definition) is 4. The monoisotopic (exact) mass is 374 g/mol. The maximum Gasteiger partial charge on any atom is 0.308 e. The van der Waals surface area contributed by atoms with Gasteiger partial charge in [0.25, 0.3) is 5.91 Å². The van der Waals surface area contributed by atoms with Gasteiger partial charge >= 0.3 is 5.97 Å². The zero-order chi connectivity index (χ0) is 18.3. The van der Waals surface area contributed by atoms with Gasteiger partial charge in [0.1, 0.15) is 5.82 Å². The Morgan fingerprint density at radius 2 is 1.96 bits per heavy atom. The number of carboxylic acids is 1. The highest BCUT2D eigenvalue weighted by molar-refractivity contribution is 6.32. The third kappa shape index (κ3) is 3.19. The van der Waals surface area contributed by atoms with Crippen LogP contribution in [0.2, 0.25) is 5.02 Å². The van der Waals surface area contributed by atoms with E-state index in [2.05, 4.69) is 10.1 Å². The first-order valence-corrected chi connectivity index (χ1v) is 9.16. The van der Waals surface area contributed by atoms with E-state index in [4.69, 9.17) is 11.6 Å². The van der Waals surface area contributed by atoms with Crippen molar-refractivity contribution in [3.8, 4) is 5.69 Å². The zero-order valence-electron chi connectivity index (χ0n) is 14.1. The highest BCUT2D eigenvalue weighted by Gasteiger charge is 2.34. The molecular formula is C18H19ClN4O3. The van der Waals surface area contributed by atoms with Crippen molar-refractivity contribution in [3.05, 3.63) is 40.9 Å². The van der Waals surface area contributed by atoms with Gasteiger partial charge in [0.05, 0.1) is 16.6 Å². The summed E-state index contributed by atoms with van der Waals surface area (Å²) in [6.07, 6.45) is 3.29. The van der Waals surface area contributed by atoms with Crippen molar-refractivity contribution in [2.75, 3.05) is 13.1 Å². The first-order chi connectivity index (χ1) is 12.5. The highest BCUT2D eigenvalue weighted by atomic mass is 35.5. The van der Waals surface area contributed by atoms with Crippen LogP contribution in [0.3, 0.4) is 0 Å². The number of halogens is 1. The lowest BCUT2D eigenvalue weighted by Gasteiger charge is -2.29. The van der Waals surface area contributed by atoms with E-state index in [1.165, 1.54) is 0 Å². The van der Waals surface area contributed by atoms with Gasteiger partial charge in [-0.1, -0.05) is 23.7 Å². The molecule has 1 saturated carbocycles. The number of aromatic nitrogens is 3. The number of carbonyl (C=O) groups excluding carboxylic acids is 1. The number of aliphatic carboxylic acids is 1. The first kappa shape index (κ1) is 17.0. The van der Waals surface area contributed by atoms with E-state index in [0.29, 0.717) is 30.1 Å². The minimum Gasteiger partial charge on any atom is -0.481 e. The number of nitrogens with zero attached hydrogens (tertiary/aromatic N) is 4. The number of para-hydroxylation sites is 1. The lowest BCUT2D eigenvalue weighted by molar-refractivity contribution is -0.143. The Morgan fingerprint density at radius 1 is 1.19 bits per heavy atom. The van der Waals surface area contributed by atoms with E-state index in [9.17, 15) is 14.7 Å². The van der Waals surface area contributed by atoms with Gasteiger partial charge in [-0.3, -0.25) is 9.59 Å². The molecule has 2 aromatic rings. The second kappa shape index (κ2) is 6.72. The Hall–Kier alpha value is -2.41. The Morgan fingerprint density at radius 3 is 2.65 bits per heavy atom. The fraction of sp³-hybridized carbons (Fsp3) is 0.444. The molecule has 1 aliphatic heterocycles. The van der Waals surface area contributed by atoms with Crippen LogP contribution in [0.4, 0.5) is 0 Å². The number of piperidine rings is 1. The Labute approximate surface area is 155 Å². The van der Waals surface area contributed by atoms with Gasteiger partial charge in [-0.05, 0) is 37.8 Å². The van der Waals surface area contributed by atoms with Crippen LogP contribution in [0, 0.1) is 5.92 Å². The molecule has 1 aromatic carbocycles. The van der Waals surface area contributed by atoms with E-state index >= 15 is 0 Å². The van der Waals surface area contributed by atoms with Crippen molar-refractivity contribution >= 4 is 23.5 Å². The summed E-state index contributed by atoms with van der Waals surface area (Å²) in [5.74, 6) is -0.569. The van der Waals surface area contributed by atoms with Crippen LogP contribution in [0.1, 0.15) is 48.0 Å². The van der Waals surface area contributed by atoms with Crippen molar-refractivity contribution in [2.45, 2.75) is 31.6 Å². The lowest BCUT2D eigenvalue weighted by Crippen LogP contribution is -2.42. The average molecular weight is 375 g/mol. The maximum absolute atomic E-state index is 12.9. The van der Waals surface area contributed by atoms with E-state index in [0.717, 1.165) is 18.7 Å². The maximum atomic E-state index is 12.9. The van der Waals surface area contributed by atoms with Gasteiger partial charge in [-0.15, -0.1) is 5.10 Å². The predicted molar refractivity (Wildman–Crippen MR) is 94.6 cm³/mol. The quantitative estimate of drug-likeness (QED) is 0.888. The third-order valence-corrected chi connectivity index (χ3v) is 5.22. The predicted octanol–water partition coefficient (Wildman–Crippen LogP) is 2.73. The molecule has 2 heterocycles. The van der Waals surface area contributed by atoms with Crippen molar-refractivity contribution in [2.24, 2.45) is 5.92 Å². The Balaban J connectivity index is 1.65. The fourth-order valence-electron chi connectivity index (χ4n) is 3.33. The summed E-state index contributed by atoms with van der Waals surface area (Å²) >= 11 is 6.30. The molecule has 0 radical (unpaired) electrons. The number of hydrogen-bond donors (Lipinski definition) is 1. The molecule has 1 aliphatic carbocycles. The zero-order valence-corrected chi connectivity index (χ0v) is 14.9. The summed E-state index contributed by atoms with van der Waals surface area (Å²) in [6.45, 7) is 0.732. The highest BCUT2D eigenvalue weighted by Crippen LogP contribution is 2.40. The fourth-order valence-corrected chi connectivity index (χ4v) is 3.54. The molecule has 7 nitrogen and oxygen atoms in total. The van der Waals surface area contributed by atoms with Gasteiger partial charge in [-0.25, -0.2) is 9.67 Å². The largest absolute Gasteiger partial charge is 0.481 e. The molecule has 1 N–H and O–H groups in total. The summed E-state index contributed by atoms with van der Waals surface area (Å²) in [7, 11) is 0. The van der Waals surface area contributed by atoms with Gasteiger partial charge in [0.15, 0.2) is 0 Å². The molecule has 0 spiro atoms. The topological polar surface area (TPSA) is 88.3 Å². The Bertz CT molecular complexity index is 862. The van der Waals surface area contributed by atoms with Crippen molar-refractivity contribution in [1.29, 1.82) is 0 Å². The van der Waals surface area contributed by atoms with E-state index in [1.807, 2.05) is 18.2 Å². The van der Waals surface area contributed by atoms with Gasteiger partial charge < -0.3 is 10.0 Å². The van der Waals surface area contributed by atoms with Gasteiger partial charge in [-0.2, -0.15) is 0 Å². The smallest absolute Gasteiger partial charge is 0.308 e. The summed E-state index contributed by atoms with van der Waals surface area (Å²) in [4.78, 5) is 30.1. The van der Waals surface area contributed by atoms with Gasteiger partial charge in [0.2, 0.25) is 5.82 Å². The van der Waals surface area contributed by atoms with Crippen LogP contribution in [-0.4, -0.2) is 49.7 Å². The normalized spacial score (nSPS) is 20.2. The summed E-state index contributed by atoms with van der Waals surface area (Å²) in [6, 6.07) is 7.33. The minimum absolute atomic E-state index is 0.109. The SMILES string of the molecule is O=C(O)[C@@H]1CCCN(C(=O)c2nc(C3CC3)n(-c3ccccc3Cl)n2)C1. The van der Waals surface area contributed by atoms with Crippen LogP contribution >= 0.6 is 11.6 Å². The number of carbonyl (C=O) groups is 2. The van der Waals surface area contributed by atoms with Crippen molar-refractivity contribution in [1.82, 2.24) is 19.7 Å². The van der Waals surface area contributed by atoms with Crippen LogP contribution in [-0.2, 0) is 4.79 Å². The van der Waals surface area contributed by atoms with Crippen molar-refractivity contribution < 1.29 is 14.7 Å². The molecule has 26 heavy (non-hydrogen) atoms.